The van der Waals surface area contributed by atoms with Crippen molar-refractivity contribution in [2.24, 2.45) is 0 Å². The van der Waals surface area contributed by atoms with Crippen LogP contribution in [0.2, 0.25) is 0 Å². The Balaban J connectivity index is 1.59. The molecule has 0 radical (unpaired) electrons. The third-order valence-corrected chi connectivity index (χ3v) is 6.83. The van der Waals surface area contributed by atoms with Crippen molar-refractivity contribution in [3.8, 4) is 0 Å². The summed E-state index contributed by atoms with van der Waals surface area (Å²) in [5.74, 6) is -1.18. The van der Waals surface area contributed by atoms with Crippen molar-refractivity contribution in [3.05, 3.63) is 60.2 Å². The lowest BCUT2D eigenvalue weighted by Crippen LogP contribution is -3.19. The van der Waals surface area contributed by atoms with Gasteiger partial charge >= 0.3 is 0 Å². The predicted octanol–water partition coefficient (Wildman–Crippen LogP) is 0.881. The second-order valence-corrected chi connectivity index (χ2v) is 8.68. The quantitative estimate of drug-likeness (QED) is 0.769. The average Bonchev–Trinajstić information content (AvgIpc) is 2.68. The summed E-state index contributed by atoms with van der Waals surface area (Å²) in [5, 5.41) is 2.69. The SMILES string of the molecule is C[C@H](C(=O)Nc1cccc(F)c1)[NH+]1CCN(S(=O)(=O)c2ccc(F)cc2)CC1. The highest BCUT2D eigenvalue weighted by molar-refractivity contribution is 7.89. The molecule has 0 bridgehead atoms. The zero-order chi connectivity index (χ0) is 20.3. The highest BCUT2D eigenvalue weighted by Crippen LogP contribution is 2.16. The Labute approximate surface area is 162 Å². The molecule has 0 spiro atoms. The van der Waals surface area contributed by atoms with Crippen LogP contribution in [0.1, 0.15) is 6.92 Å². The first-order valence-electron chi connectivity index (χ1n) is 8.94. The van der Waals surface area contributed by atoms with E-state index in [1.54, 1.807) is 13.0 Å². The molecule has 0 aliphatic carbocycles. The van der Waals surface area contributed by atoms with Crippen LogP contribution in [0.4, 0.5) is 14.5 Å². The molecule has 1 heterocycles. The fourth-order valence-corrected chi connectivity index (χ4v) is 4.65. The van der Waals surface area contributed by atoms with Crippen molar-refractivity contribution in [1.29, 1.82) is 0 Å². The van der Waals surface area contributed by atoms with Gasteiger partial charge in [0.1, 0.15) is 11.6 Å². The van der Waals surface area contributed by atoms with Crippen molar-refractivity contribution in [3.63, 3.8) is 0 Å². The second-order valence-electron chi connectivity index (χ2n) is 6.74. The number of anilines is 1. The standard InChI is InChI=1S/C19H21F2N3O3S/c1-14(19(25)22-17-4-2-3-16(21)13-17)23-9-11-24(12-10-23)28(26,27)18-7-5-15(20)6-8-18/h2-8,13-14H,9-12H2,1H3,(H,22,25)/p+1/t14-/m1/s1. The summed E-state index contributed by atoms with van der Waals surface area (Å²) in [7, 11) is -3.69. The molecule has 2 N–H and O–H groups in total. The number of nitrogens with one attached hydrogen (secondary N) is 2. The van der Waals surface area contributed by atoms with Crippen LogP contribution in [0.25, 0.3) is 0 Å². The molecule has 1 atom stereocenters. The van der Waals surface area contributed by atoms with Gasteiger partial charge in [-0.25, -0.2) is 17.2 Å². The van der Waals surface area contributed by atoms with Crippen LogP contribution in [-0.2, 0) is 14.8 Å². The molecular weight excluding hydrogens is 388 g/mol. The van der Waals surface area contributed by atoms with Gasteiger partial charge in [-0.2, -0.15) is 4.31 Å². The number of hydrogen-bond acceptors (Lipinski definition) is 3. The number of amides is 1. The van der Waals surface area contributed by atoms with Gasteiger partial charge in [0.05, 0.1) is 31.1 Å². The molecule has 6 nitrogen and oxygen atoms in total. The molecule has 9 heteroatoms. The summed E-state index contributed by atoms with van der Waals surface area (Å²) in [4.78, 5) is 13.4. The normalized spacial score (nSPS) is 17.2. The van der Waals surface area contributed by atoms with Crippen LogP contribution >= 0.6 is 0 Å². The number of halogens is 2. The maximum Gasteiger partial charge on any atom is 0.282 e. The highest BCUT2D eigenvalue weighted by atomic mass is 32.2. The summed E-state index contributed by atoms with van der Waals surface area (Å²) < 4.78 is 53.0. The first-order valence-corrected chi connectivity index (χ1v) is 10.4. The van der Waals surface area contributed by atoms with Crippen LogP contribution in [0.15, 0.2) is 53.4 Å². The number of quaternary nitrogens is 1. The van der Waals surface area contributed by atoms with Gasteiger partial charge < -0.3 is 10.2 Å². The van der Waals surface area contributed by atoms with E-state index in [4.69, 9.17) is 0 Å². The molecule has 0 aromatic heterocycles. The highest BCUT2D eigenvalue weighted by Gasteiger charge is 2.34. The number of nitrogens with zero attached hydrogens (tertiary/aromatic N) is 1. The Morgan fingerprint density at radius 2 is 1.71 bits per heavy atom. The number of carbonyl (C=O) groups is 1. The van der Waals surface area contributed by atoms with Crippen LogP contribution in [0.5, 0.6) is 0 Å². The number of benzene rings is 2. The fraction of sp³-hybridized carbons (Fsp3) is 0.316. The minimum atomic E-state index is -3.69. The Morgan fingerprint density at radius 3 is 2.32 bits per heavy atom. The molecule has 28 heavy (non-hydrogen) atoms. The monoisotopic (exact) mass is 410 g/mol. The molecule has 3 rings (SSSR count). The molecule has 1 amide bonds. The summed E-state index contributed by atoms with van der Waals surface area (Å²) in [6, 6.07) is 9.98. The summed E-state index contributed by atoms with van der Waals surface area (Å²) >= 11 is 0. The zero-order valence-corrected chi connectivity index (χ0v) is 16.2. The molecule has 0 unspecified atom stereocenters. The van der Waals surface area contributed by atoms with Crippen molar-refractivity contribution >= 4 is 21.6 Å². The van der Waals surface area contributed by atoms with Gasteiger partial charge in [0.2, 0.25) is 10.0 Å². The molecule has 150 valence electrons. The summed E-state index contributed by atoms with van der Waals surface area (Å²) in [6.45, 7) is 3.18. The van der Waals surface area contributed by atoms with E-state index in [0.29, 0.717) is 18.8 Å². The Hall–Kier alpha value is -2.36. The van der Waals surface area contributed by atoms with E-state index < -0.39 is 27.7 Å². The van der Waals surface area contributed by atoms with Crippen molar-refractivity contribution in [2.75, 3.05) is 31.5 Å². The number of rotatable bonds is 5. The maximum atomic E-state index is 13.3. The first-order chi connectivity index (χ1) is 13.3. The van der Waals surface area contributed by atoms with Crippen molar-refractivity contribution in [2.45, 2.75) is 17.9 Å². The van der Waals surface area contributed by atoms with E-state index in [-0.39, 0.29) is 23.9 Å². The average molecular weight is 410 g/mol. The van der Waals surface area contributed by atoms with Crippen LogP contribution < -0.4 is 10.2 Å². The molecule has 1 aliphatic heterocycles. The topological polar surface area (TPSA) is 70.9 Å². The minimum absolute atomic E-state index is 0.0502. The van der Waals surface area contributed by atoms with Crippen LogP contribution in [0.3, 0.4) is 0 Å². The molecule has 0 saturated carbocycles. The summed E-state index contributed by atoms with van der Waals surface area (Å²) in [6.07, 6.45) is 0. The third kappa shape index (κ3) is 4.54. The fourth-order valence-electron chi connectivity index (χ4n) is 3.20. The molecule has 1 aliphatic rings. The lowest BCUT2D eigenvalue weighted by Gasteiger charge is -2.34. The lowest BCUT2D eigenvalue weighted by atomic mass is 10.2. The lowest BCUT2D eigenvalue weighted by molar-refractivity contribution is -0.917. The van der Waals surface area contributed by atoms with E-state index in [1.807, 2.05) is 0 Å². The molecule has 1 fully saturated rings. The predicted molar refractivity (Wildman–Crippen MR) is 100 cm³/mol. The van der Waals surface area contributed by atoms with Crippen LogP contribution in [0, 0.1) is 11.6 Å². The van der Waals surface area contributed by atoms with E-state index in [2.05, 4.69) is 5.32 Å². The Bertz CT molecular complexity index is 943. The Morgan fingerprint density at radius 1 is 1.07 bits per heavy atom. The van der Waals surface area contributed by atoms with Crippen molar-refractivity contribution in [1.82, 2.24) is 4.31 Å². The summed E-state index contributed by atoms with van der Waals surface area (Å²) in [5.41, 5.74) is 0.383. The molecule has 2 aromatic carbocycles. The number of carbonyl (C=O) groups excluding carboxylic acids is 1. The first kappa shape index (κ1) is 20.4. The number of sulfonamides is 1. The Kier molecular flexibility index (Phi) is 6.07. The van der Waals surface area contributed by atoms with E-state index in [9.17, 15) is 22.0 Å². The minimum Gasteiger partial charge on any atom is -0.323 e. The number of piperazine rings is 1. The van der Waals surface area contributed by atoms with E-state index >= 15 is 0 Å². The third-order valence-electron chi connectivity index (χ3n) is 4.91. The second kappa shape index (κ2) is 8.34. The molecular formula is C19H22F2N3O3S+. The van der Waals surface area contributed by atoms with Gasteiger partial charge in [-0.15, -0.1) is 0 Å². The van der Waals surface area contributed by atoms with Gasteiger partial charge in [0.15, 0.2) is 6.04 Å². The molecule has 1 saturated heterocycles. The zero-order valence-electron chi connectivity index (χ0n) is 15.4. The van der Waals surface area contributed by atoms with Gasteiger partial charge in [0.25, 0.3) is 5.91 Å². The number of hydrogen-bond donors (Lipinski definition) is 2. The van der Waals surface area contributed by atoms with Gasteiger partial charge in [-0.05, 0) is 49.4 Å². The van der Waals surface area contributed by atoms with Gasteiger partial charge in [-0.1, -0.05) is 6.07 Å². The molecule has 2 aromatic rings. The van der Waals surface area contributed by atoms with Gasteiger partial charge in [-0.3, -0.25) is 4.79 Å². The smallest absolute Gasteiger partial charge is 0.282 e. The van der Waals surface area contributed by atoms with Crippen molar-refractivity contribution < 1.29 is 26.9 Å². The van der Waals surface area contributed by atoms with E-state index in [1.165, 1.54) is 34.6 Å². The largest absolute Gasteiger partial charge is 0.323 e. The van der Waals surface area contributed by atoms with E-state index in [0.717, 1.165) is 17.0 Å². The van der Waals surface area contributed by atoms with Gasteiger partial charge in [0, 0.05) is 5.69 Å². The maximum absolute atomic E-state index is 13.3. The van der Waals surface area contributed by atoms with Crippen LogP contribution in [-0.4, -0.2) is 50.9 Å².